The Kier molecular flexibility index (Phi) is 281. The van der Waals surface area contributed by atoms with Gasteiger partial charge in [0.15, 0.2) is 0 Å². The third-order valence-electron chi connectivity index (χ3n) is 0. The van der Waals surface area contributed by atoms with Gasteiger partial charge in [-0.25, -0.2) is 0 Å². The molecule has 0 unspecified atom stereocenters. The third-order valence-corrected chi connectivity index (χ3v) is 0. The molecule has 0 heterocycles. The molecule has 0 rings (SSSR count). The molecule has 0 saturated heterocycles. The van der Waals surface area contributed by atoms with Crippen LogP contribution in [0.25, 0.3) is 0 Å². The SMILES string of the molecule is CC=O.[CH-]=O.[CH2-]CC.[Ni+2]. The molecule has 0 saturated carbocycles. The van der Waals surface area contributed by atoms with Gasteiger partial charge >= 0.3 is 16.5 Å². The number of carbonyl (C=O) groups excluding carboxylic acids is 2. The second-order valence-electron chi connectivity index (χ2n) is 0.736. The molecule has 0 aliphatic rings. The van der Waals surface area contributed by atoms with E-state index in [4.69, 9.17) is 9.59 Å². The molecule has 0 spiro atoms. The van der Waals surface area contributed by atoms with E-state index >= 15 is 0 Å². The van der Waals surface area contributed by atoms with E-state index in [1.807, 2.05) is 6.92 Å². The molecule has 0 aromatic heterocycles. The van der Waals surface area contributed by atoms with Gasteiger partial charge in [-0.05, 0) is 6.92 Å². The van der Waals surface area contributed by atoms with Gasteiger partial charge in [-0.3, -0.25) is 6.79 Å². The molecule has 0 fully saturated rings. The monoisotopic (exact) mass is 174 g/mol. The maximum atomic E-state index is 8.81. The normalized spacial score (nSPS) is 3.89. The van der Waals surface area contributed by atoms with Crippen LogP contribution >= 0.6 is 0 Å². The number of aldehydes is 1. The number of hydrogen-bond acceptors (Lipinski definition) is 2. The first-order valence-electron chi connectivity index (χ1n) is 2.26. The Morgan fingerprint density at radius 2 is 1.56 bits per heavy atom. The van der Waals surface area contributed by atoms with Crippen molar-refractivity contribution in [3.63, 3.8) is 0 Å². The van der Waals surface area contributed by atoms with E-state index in [1.165, 1.54) is 6.92 Å². The van der Waals surface area contributed by atoms with Crippen LogP contribution in [0.3, 0.4) is 0 Å². The number of rotatable bonds is 0. The molecule has 0 atom stereocenters. The van der Waals surface area contributed by atoms with Crippen molar-refractivity contribution in [3.05, 3.63) is 6.92 Å². The summed E-state index contributed by atoms with van der Waals surface area (Å²) in [6.07, 6.45) is 1.75. The van der Waals surface area contributed by atoms with Crippen molar-refractivity contribution in [2.45, 2.75) is 20.3 Å². The minimum absolute atomic E-state index is 0. The predicted molar refractivity (Wildman–Crippen MR) is 34.1 cm³/mol. The molecule has 0 radical (unpaired) electrons. The van der Waals surface area contributed by atoms with Crippen LogP contribution in [0.15, 0.2) is 0 Å². The largest absolute Gasteiger partial charge is 2.00 e. The van der Waals surface area contributed by atoms with Crippen molar-refractivity contribution in [1.82, 2.24) is 0 Å². The standard InChI is InChI=1S/C3H7.C2H4O.CHO.Ni/c1-3-2;1-2-3;1-2;/h1,3H2,2H3;2H,1H3;1H;/q-1;;-1;+2. The first kappa shape index (κ1) is 23.2. The molecular weight excluding hydrogens is 163 g/mol. The van der Waals surface area contributed by atoms with Gasteiger partial charge in [0.05, 0.1) is 0 Å². The second-order valence-corrected chi connectivity index (χ2v) is 0.736. The summed E-state index contributed by atoms with van der Waals surface area (Å²) in [5, 5.41) is 0. The molecule has 0 aliphatic heterocycles. The van der Waals surface area contributed by atoms with E-state index in [0.717, 1.165) is 12.7 Å². The summed E-state index contributed by atoms with van der Waals surface area (Å²) in [6.45, 7) is 10.2. The smallest absolute Gasteiger partial charge is 0.545 e. The van der Waals surface area contributed by atoms with Crippen LogP contribution in [0.2, 0.25) is 0 Å². The summed E-state index contributed by atoms with van der Waals surface area (Å²) < 4.78 is 0. The van der Waals surface area contributed by atoms with Gasteiger partial charge in [-0.2, -0.15) is 6.42 Å². The Morgan fingerprint density at radius 3 is 1.56 bits per heavy atom. The van der Waals surface area contributed by atoms with Gasteiger partial charge in [0.1, 0.15) is 6.29 Å². The number of carbonyl (C=O) groups is 1. The van der Waals surface area contributed by atoms with E-state index in [0.29, 0.717) is 0 Å². The summed E-state index contributed by atoms with van der Waals surface area (Å²) in [4.78, 5) is 16.6. The van der Waals surface area contributed by atoms with Crippen LogP contribution in [0.4, 0.5) is 0 Å². The van der Waals surface area contributed by atoms with Crippen molar-refractivity contribution < 1.29 is 26.1 Å². The van der Waals surface area contributed by atoms with E-state index in [-0.39, 0.29) is 16.5 Å². The zero-order chi connectivity index (χ0) is 7.41. The van der Waals surface area contributed by atoms with Gasteiger partial charge in [0.2, 0.25) is 0 Å². The summed E-state index contributed by atoms with van der Waals surface area (Å²) >= 11 is 0. The first-order valence-corrected chi connectivity index (χ1v) is 2.26. The summed E-state index contributed by atoms with van der Waals surface area (Å²) in [5.74, 6) is 0. The fraction of sp³-hybridized carbons (Fsp3) is 0.500. The maximum Gasteiger partial charge on any atom is 2.00 e. The van der Waals surface area contributed by atoms with Crippen LogP contribution in [0.1, 0.15) is 20.3 Å². The Balaban J connectivity index is -0.0000000202. The first-order chi connectivity index (χ1) is 3.83. The molecule has 2 nitrogen and oxygen atoms in total. The molecule has 0 aromatic rings. The second kappa shape index (κ2) is 109. The van der Waals surface area contributed by atoms with Crippen LogP contribution in [-0.2, 0) is 26.1 Å². The van der Waals surface area contributed by atoms with Gasteiger partial charge < -0.3 is 16.5 Å². The fourth-order valence-corrected chi connectivity index (χ4v) is 0. The van der Waals surface area contributed by atoms with Crippen LogP contribution < -0.4 is 0 Å². The zero-order valence-electron chi connectivity index (χ0n) is 5.70. The van der Waals surface area contributed by atoms with Gasteiger partial charge in [0, 0.05) is 0 Å². The van der Waals surface area contributed by atoms with Crippen LogP contribution in [0, 0.1) is 6.92 Å². The molecule has 0 N–H and O–H groups in total. The molecule has 0 aliphatic carbocycles. The zero-order valence-corrected chi connectivity index (χ0v) is 6.69. The Morgan fingerprint density at radius 1 is 1.56 bits per heavy atom. The Hall–Kier alpha value is -0.166. The summed E-state index contributed by atoms with van der Waals surface area (Å²) in [6, 6.07) is 0. The van der Waals surface area contributed by atoms with Gasteiger partial charge in [-0.15, -0.1) is 0 Å². The molecule has 3 heteroatoms. The summed E-state index contributed by atoms with van der Waals surface area (Å²) in [7, 11) is 0. The number of hydrogen-bond donors (Lipinski definition) is 0. The molecule has 0 amide bonds. The average molecular weight is 175 g/mol. The summed E-state index contributed by atoms with van der Waals surface area (Å²) in [5.41, 5.74) is 0. The van der Waals surface area contributed by atoms with Gasteiger partial charge in [0.25, 0.3) is 0 Å². The van der Waals surface area contributed by atoms with Crippen molar-refractivity contribution in [3.8, 4) is 0 Å². The van der Waals surface area contributed by atoms with Crippen molar-refractivity contribution >= 4 is 13.1 Å². The molecule has 58 valence electrons. The minimum Gasteiger partial charge on any atom is -0.545 e. The fourth-order valence-electron chi connectivity index (χ4n) is 0. The van der Waals surface area contributed by atoms with E-state index in [9.17, 15) is 0 Å². The van der Waals surface area contributed by atoms with Crippen LogP contribution in [-0.4, -0.2) is 13.1 Å². The predicted octanol–water partition coefficient (Wildman–Crippen LogP) is 1.16. The molecule has 9 heavy (non-hydrogen) atoms. The van der Waals surface area contributed by atoms with Crippen molar-refractivity contribution in [1.29, 1.82) is 0 Å². The molecule has 0 aromatic carbocycles. The van der Waals surface area contributed by atoms with E-state index in [2.05, 4.69) is 13.7 Å². The minimum atomic E-state index is 0. The molecular formula is C6H12NiO2. The Bertz CT molecular complexity index is 32.2. The quantitative estimate of drug-likeness (QED) is 0.314. The molecule has 0 bridgehead atoms. The van der Waals surface area contributed by atoms with E-state index < -0.39 is 0 Å². The Labute approximate surface area is 66.9 Å². The van der Waals surface area contributed by atoms with Crippen LogP contribution in [0.5, 0.6) is 0 Å². The van der Waals surface area contributed by atoms with Gasteiger partial charge in [-0.1, -0.05) is 6.92 Å². The third kappa shape index (κ3) is 9620. The topological polar surface area (TPSA) is 34.1 Å². The van der Waals surface area contributed by atoms with E-state index in [1.54, 1.807) is 0 Å². The van der Waals surface area contributed by atoms with Crippen molar-refractivity contribution in [2.75, 3.05) is 0 Å². The van der Waals surface area contributed by atoms with Crippen molar-refractivity contribution in [2.24, 2.45) is 0 Å². The average Bonchev–Trinajstić information content (AvgIpc) is 1.75. The maximum absolute atomic E-state index is 8.81.